The zero-order chi connectivity index (χ0) is 13.7. The molecule has 106 valence electrons. The number of hydrogen-bond donors (Lipinski definition) is 1. The fourth-order valence-electron chi connectivity index (χ4n) is 2.88. The molecule has 0 saturated carbocycles. The average molecular weight is 325 g/mol. The van der Waals surface area contributed by atoms with Crippen molar-refractivity contribution in [3.8, 4) is 0 Å². The fraction of sp³-hybridized carbons (Fsp3) is 0.625. The number of hydrogen-bond acceptors (Lipinski definition) is 2. The molecule has 2 nitrogen and oxygen atoms in total. The van der Waals surface area contributed by atoms with Gasteiger partial charge < -0.3 is 10.2 Å². The number of rotatable bonds is 5. The molecule has 0 aliphatic carbocycles. The topological polar surface area (TPSA) is 15.3 Å². The Bertz CT molecular complexity index is 394. The van der Waals surface area contributed by atoms with E-state index in [9.17, 15) is 0 Å². The van der Waals surface area contributed by atoms with Gasteiger partial charge in [-0.25, -0.2) is 0 Å². The lowest BCUT2D eigenvalue weighted by molar-refractivity contribution is 0.157. The molecule has 1 saturated heterocycles. The predicted molar refractivity (Wildman–Crippen MR) is 85.3 cm³/mol. The van der Waals surface area contributed by atoms with Gasteiger partial charge in [-0.2, -0.15) is 0 Å². The molecule has 1 aliphatic rings. The van der Waals surface area contributed by atoms with Crippen molar-refractivity contribution in [2.75, 3.05) is 19.6 Å². The van der Waals surface area contributed by atoms with Crippen LogP contribution in [-0.2, 0) is 6.54 Å². The van der Waals surface area contributed by atoms with E-state index in [0.29, 0.717) is 6.04 Å². The summed E-state index contributed by atoms with van der Waals surface area (Å²) in [4.78, 5) is 2.57. The number of nitrogens with one attached hydrogen (secondary N) is 1. The SMILES string of the molecule is CCN1CCCC(C(C)NCc2cccc(Br)c2)C1. The molecule has 2 atom stereocenters. The van der Waals surface area contributed by atoms with Crippen molar-refractivity contribution in [2.45, 2.75) is 39.3 Å². The Morgan fingerprint density at radius 3 is 3.05 bits per heavy atom. The third kappa shape index (κ3) is 4.59. The molecule has 2 unspecified atom stereocenters. The van der Waals surface area contributed by atoms with Crippen LogP contribution in [0.4, 0.5) is 0 Å². The smallest absolute Gasteiger partial charge is 0.0208 e. The van der Waals surface area contributed by atoms with Crippen LogP contribution in [0.3, 0.4) is 0 Å². The van der Waals surface area contributed by atoms with Crippen molar-refractivity contribution in [1.29, 1.82) is 0 Å². The van der Waals surface area contributed by atoms with Crippen molar-refractivity contribution in [3.63, 3.8) is 0 Å². The van der Waals surface area contributed by atoms with Crippen LogP contribution in [0, 0.1) is 5.92 Å². The third-order valence-corrected chi connectivity index (χ3v) is 4.71. The molecule has 1 fully saturated rings. The summed E-state index contributed by atoms with van der Waals surface area (Å²) in [5, 5.41) is 3.69. The highest BCUT2D eigenvalue weighted by atomic mass is 79.9. The minimum Gasteiger partial charge on any atom is -0.310 e. The lowest BCUT2D eigenvalue weighted by atomic mass is 9.91. The Hall–Kier alpha value is -0.380. The normalized spacial score (nSPS) is 22.4. The van der Waals surface area contributed by atoms with E-state index in [0.717, 1.165) is 16.9 Å². The quantitative estimate of drug-likeness (QED) is 0.889. The van der Waals surface area contributed by atoms with Crippen LogP contribution in [0.2, 0.25) is 0 Å². The van der Waals surface area contributed by atoms with Crippen LogP contribution in [0.1, 0.15) is 32.3 Å². The van der Waals surface area contributed by atoms with Crippen molar-refractivity contribution >= 4 is 15.9 Å². The second-order valence-electron chi connectivity index (χ2n) is 5.60. The lowest BCUT2D eigenvalue weighted by Gasteiger charge is -2.35. The molecular weight excluding hydrogens is 300 g/mol. The number of halogens is 1. The highest BCUT2D eigenvalue weighted by Gasteiger charge is 2.23. The maximum atomic E-state index is 3.69. The van der Waals surface area contributed by atoms with E-state index in [-0.39, 0.29) is 0 Å². The van der Waals surface area contributed by atoms with Gasteiger partial charge in [0.25, 0.3) is 0 Å². The minimum absolute atomic E-state index is 0.591. The molecule has 0 spiro atoms. The van der Waals surface area contributed by atoms with Crippen LogP contribution < -0.4 is 5.32 Å². The van der Waals surface area contributed by atoms with Gasteiger partial charge in [-0.05, 0) is 56.5 Å². The van der Waals surface area contributed by atoms with E-state index >= 15 is 0 Å². The monoisotopic (exact) mass is 324 g/mol. The maximum Gasteiger partial charge on any atom is 0.0208 e. The molecule has 19 heavy (non-hydrogen) atoms. The maximum absolute atomic E-state index is 3.69. The Labute approximate surface area is 125 Å². The molecule has 1 N–H and O–H groups in total. The van der Waals surface area contributed by atoms with Gasteiger partial charge in [0.05, 0.1) is 0 Å². The van der Waals surface area contributed by atoms with Crippen LogP contribution in [-0.4, -0.2) is 30.6 Å². The largest absolute Gasteiger partial charge is 0.310 e. The van der Waals surface area contributed by atoms with Gasteiger partial charge >= 0.3 is 0 Å². The molecule has 1 heterocycles. The summed E-state index contributed by atoms with van der Waals surface area (Å²) in [6.07, 6.45) is 2.71. The zero-order valence-corrected chi connectivity index (χ0v) is 13.6. The molecular formula is C16H25BrN2. The summed E-state index contributed by atoms with van der Waals surface area (Å²) in [7, 11) is 0. The minimum atomic E-state index is 0.591. The zero-order valence-electron chi connectivity index (χ0n) is 12.0. The van der Waals surface area contributed by atoms with E-state index in [1.165, 1.54) is 38.0 Å². The summed E-state index contributed by atoms with van der Waals surface area (Å²) in [5.41, 5.74) is 1.35. The summed E-state index contributed by atoms with van der Waals surface area (Å²) >= 11 is 3.53. The molecule has 3 heteroatoms. The average Bonchev–Trinajstić information content (AvgIpc) is 2.45. The van der Waals surface area contributed by atoms with E-state index < -0.39 is 0 Å². The van der Waals surface area contributed by atoms with Crippen LogP contribution in [0.15, 0.2) is 28.7 Å². The first kappa shape index (κ1) is 15.0. The predicted octanol–water partition coefficient (Wildman–Crippen LogP) is 3.66. The third-order valence-electron chi connectivity index (χ3n) is 4.21. The fourth-order valence-corrected chi connectivity index (χ4v) is 3.33. The number of likely N-dealkylation sites (tertiary alicyclic amines) is 1. The van der Waals surface area contributed by atoms with Crippen LogP contribution >= 0.6 is 15.9 Å². The van der Waals surface area contributed by atoms with Gasteiger partial charge in [-0.15, -0.1) is 0 Å². The summed E-state index contributed by atoms with van der Waals surface area (Å²) < 4.78 is 1.16. The van der Waals surface area contributed by atoms with Crippen LogP contribution in [0.25, 0.3) is 0 Å². The van der Waals surface area contributed by atoms with Crippen molar-refractivity contribution in [3.05, 3.63) is 34.3 Å². The summed E-state index contributed by atoms with van der Waals surface area (Å²) in [5.74, 6) is 0.792. The number of piperidine rings is 1. The Morgan fingerprint density at radius 1 is 1.47 bits per heavy atom. The van der Waals surface area contributed by atoms with Gasteiger partial charge in [-0.1, -0.05) is 35.0 Å². The summed E-state index contributed by atoms with van der Waals surface area (Å²) in [6.45, 7) is 9.29. The Morgan fingerprint density at radius 2 is 2.32 bits per heavy atom. The van der Waals surface area contributed by atoms with E-state index in [1.807, 2.05) is 0 Å². The standard InChI is InChI=1S/C16H25BrN2/c1-3-19-9-5-7-15(12-19)13(2)18-11-14-6-4-8-16(17)10-14/h4,6,8,10,13,15,18H,3,5,7,9,11-12H2,1-2H3. The highest BCUT2D eigenvalue weighted by Crippen LogP contribution is 2.20. The second-order valence-corrected chi connectivity index (χ2v) is 6.51. The highest BCUT2D eigenvalue weighted by molar-refractivity contribution is 9.10. The molecule has 0 radical (unpaired) electrons. The molecule has 0 amide bonds. The second kappa shape index (κ2) is 7.41. The molecule has 1 aromatic rings. The lowest BCUT2D eigenvalue weighted by Crippen LogP contribution is -2.44. The molecule has 0 aromatic heterocycles. The van der Waals surface area contributed by atoms with Gasteiger partial charge in [0.2, 0.25) is 0 Å². The summed E-state index contributed by atoms with van der Waals surface area (Å²) in [6, 6.07) is 9.15. The first-order chi connectivity index (χ1) is 9.19. The van der Waals surface area contributed by atoms with Gasteiger partial charge in [0, 0.05) is 23.6 Å². The molecule has 2 rings (SSSR count). The van der Waals surface area contributed by atoms with Crippen molar-refractivity contribution in [1.82, 2.24) is 10.2 Å². The Kier molecular flexibility index (Phi) is 5.86. The first-order valence-electron chi connectivity index (χ1n) is 7.39. The number of nitrogens with zero attached hydrogens (tertiary/aromatic N) is 1. The van der Waals surface area contributed by atoms with Crippen molar-refractivity contribution < 1.29 is 0 Å². The van der Waals surface area contributed by atoms with E-state index in [2.05, 4.69) is 64.3 Å². The Balaban J connectivity index is 1.82. The van der Waals surface area contributed by atoms with E-state index in [4.69, 9.17) is 0 Å². The molecule has 1 aromatic carbocycles. The van der Waals surface area contributed by atoms with Crippen LogP contribution in [0.5, 0.6) is 0 Å². The van der Waals surface area contributed by atoms with Gasteiger partial charge in [0.1, 0.15) is 0 Å². The van der Waals surface area contributed by atoms with E-state index in [1.54, 1.807) is 0 Å². The molecule has 0 bridgehead atoms. The number of benzene rings is 1. The van der Waals surface area contributed by atoms with Gasteiger partial charge in [0.15, 0.2) is 0 Å². The van der Waals surface area contributed by atoms with Crippen molar-refractivity contribution in [2.24, 2.45) is 5.92 Å². The van der Waals surface area contributed by atoms with Gasteiger partial charge in [-0.3, -0.25) is 0 Å². The first-order valence-corrected chi connectivity index (χ1v) is 8.18. The molecule has 1 aliphatic heterocycles.